The largest absolute Gasteiger partial charge is 0.340 e. The van der Waals surface area contributed by atoms with Gasteiger partial charge in [0.25, 0.3) is 0 Å². The first-order valence-corrected chi connectivity index (χ1v) is 8.40. The number of fused-ring (bicyclic) bond motifs is 1. The summed E-state index contributed by atoms with van der Waals surface area (Å²) in [6.45, 7) is 2.83. The van der Waals surface area contributed by atoms with E-state index in [1.54, 1.807) is 11.3 Å². The van der Waals surface area contributed by atoms with Crippen molar-refractivity contribution in [1.82, 2.24) is 4.90 Å². The van der Waals surface area contributed by atoms with E-state index in [0.717, 1.165) is 25.8 Å². The van der Waals surface area contributed by atoms with Gasteiger partial charge in [-0.2, -0.15) is 0 Å². The lowest BCUT2D eigenvalue weighted by molar-refractivity contribution is -0.132. The third-order valence-corrected chi connectivity index (χ3v) is 5.40. The number of carbonyl (C=O) groups excluding carboxylic acids is 1. The SMILES string of the molecule is Cc1ccsc1CN(C)C(=O)C1CCCc2ccccc21. The predicted octanol–water partition coefficient (Wildman–Crippen LogP) is 4.14. The maximum Gasteiger partial charge on any atom is 0.230 e. The summed E-state index contributed by atoms with van der Waals surface area (Å²) in [6, 6.07) is 10.5. The number of aryl methyl sites for hydroxylation is 2. The number of amides is 1. The molecule has 0 bridgehead atoms. The number of thiophene rings is 1. The first-order valence-electron chi connectivity index (χ1n) is 7.52. The molecular weight excluding hydrogens is 278 g/mol. The van der Waals surface area contributed by atoms with Crippen molar-refractivity contribution in [2.45, 2.75) is 38.6 Å². The Morgan fingerprint density at radius 2 is 2.14 bits per heavy atom. The Kier molecular flexibility index (Phi) is 4.11. The third-order valence-electron chi connectivity index (χ3n) is 4.39. The van der Waals surface area contributed by atoms with E-state index >= 15 is 0 Å². The van der Waals surface area contributed by atoms with Gasteiger partial charge in [-0.25, -0.2) is 0 Å². The number of carbonyl (C=O) groups is 1. The van der Waals surface area contributed by atoms with Crippen LogP contribution < -0.4 is 0 Å². The Morgan fingerprint density at radius 3 is 2.90 bits per heavy atom. The van der Waals surface area contributed by atoms with Crippen molar-refractivity contribution < 1.29 is 4.79 Å². The Labute approximate surface area is 130 Å². The molecule has 2 nitrogen and oxygen atoms in total. The van der Waals surface area contributed by atoms with Gasteiger partial charge >= 0.3 is 0 Å². The summed E-state index contributed by atoms with van der Waals surface area (Å²) < 4.78 is 0. The van der Waals surface area contributed by atoms with E-state index in [0.29, 0.717) is 0 Å². The fourth-order valence-electron chi connectivity index (χ4n) is 3.14. The summed E-state index contributed by atoms with van der Waals surface area (Å²) in [5, 5.41) is 2.10. The topological polar surface area (TPSA) is 20.3 Å². The molecule has 1 unspecified atom stereocenters. The molecule has 1 aliphatic rings. The molecule has 0 spiro atoms. The van der Waals surface area contributed by atoms with E-state index in [-0.39, 0.29) is 11.8 Å². The number of nitrogens with zero attached hydrogens (tertiary/aromatic N) is 1. The number of hydrogen-bond acceptors (Lipinski definition) is 2. The van der Waals surface area contributed by atoms with Gasteiger partial charge in [-0.3, -0.25) is 4.79 Å². The molecule has 1 aromatic heterocycles. The van der Waals surface area contributed by atoms with Crippen LogP contribution in [-0.2, 0) is 17.8 Å². The molecule has 0 saturated carbocycles. The molecule has 3 rings (SSSR count). The first kappa shape index (κ1) is 14.3. The molecule has 21 heavy (non-hydrogen) atoms. The van der Waals surface area contributed by atoms with Crippen LogP contribution >= 0.6 is 11.3 Å². The van der Waals surface area contributed by atoms with Gasteiger partial charge in [0.15, 0.2) is 0 Å². The van der Waals surface area contributed by atoms with E-state index in [2.05, 4.69) is 36.6 Å². The molecule has 1 heterocycles. The maximum atomic E-state index is 12.8. The van der Waals surface area contributed by atoms with E-state index in [4.69, 9.17) is 0 Å². The molecule has 0 fully saturated rings. The number of hydrogen-bond donors (Lipinski definition) is 0. The van der Waals surface area contributed by atoms with Crippen LogP contribution in [0.2, 0.25) is 0 Å². The van der Waals surface area contributed by atoms with Crippen molar-refractivity contribution in [3.63, 3.8) is 0 Å². The minimum Gasteiger partial charge on any atom is -0.340 e. The molecule has 0 aliphatic heterocycles. The van der Waals surface area contributed by atoms with Crippen LogP contribution in [0.3, 0.4) is 0 Å². The fourth-order valence-corrected chi connectivity index (χ4v) is 4.09. The standard InChI is InChI=1S/C18H21NOS/c1-13-10-11-21-17(13)12-19(2)18(20)16-9-5-7-14-6-3-4-8-15(14)16/h3-4,6,8,10-11,16H,5,7,9,12H2,1-2H3. The number of likely N-dealkylation sites (N-methyl/N-ethyl adjacent to an activating group) is 1. The zero-order valence-electron chi connectivity index (χ0n) is 12.6. The molecule has 3 heteroatoms. The summed E-state index contributed by atoms with van der Waals surface area (Å²) in [4.78, 5) is 16.0. The summed E-state index contributed by atoms with van der Waals surface area (Å²) in [5.74, 6) is 0.301. The highest BCUT2D eigenvalue weighted by Crippen LogP contribution is 2.33. The van der Waals surface area contributed by atoms with Crippen molar-refractivity contribution >= 4 is 17.2 Å². The molecule has 1 aliphatic carbocycles. The molecule has 110 valence electrons. The van der Waals surface area contributed by atoms with Crippen LogP contribution in [0.4, 0.5) is 0 Å². The van der Waals surface area contributed by atoms with Crippen LogP contribution in [0.25, 0.3) is 0 Å². The third kappa shape index (κ3) is 2.88. The Morgan fingerprint density at radius 1 is 1.33 bits per heavy atom. The second kappa shape index (κ2) is 6.02. The maximum absolute atomic E-state index is 12.8. The van der Waals surface area contributed by atoms with Gasteiger partial charge in [0, 0.05) is 11.9 Å². The van der Waals surface area contributed by atoms with Crippen LogP contribution in [0, 0.1) is 6.92 Å². The van der Waals surface area contributed by atoms with Crippen LogP contribution in [0.15, 0.2) is 35.7 Å². The summed E-state index contributed by atoms with van der Waals surface area (Å²) in [5.41, 5.74) is 3.87. The van der Waals surface area contributed by atoms with Crippen molar-refractivity contribution in [2.75, 3.05) is 7.05 Å². The van der Waals surface area contributed by atoms with Crippen molar-refractivity contribution in [1.29, 1.82) is 0 Å². The average Bonchev–Trinajstić information content (AvgIpc) is 2.91. The van der Waals surface area contributed by atoms with Gasteiger partial charge in [-0.1, -0.05) is 24.3 Å². The van der Waals surface area contributed by atoms with Crippen molar-refractivity contribution in [2.24, 2.45) is 0 Å². The van der Waals surface area contributed by atoms with Gasteiger partial charge in [0.05, 0.1) is 12.5 Å². The quantitative estimate of drug-likeness (QED) is 0.834. The Hall–Kier alpha value is -1.61. The van der Waals surface area contributed by atoms with Crippen LogP contribution in [-0.4, -0.2) is 17.9 Å². The van der Waals surface area contributed by atoms with Crippen LogP contribution in [0.5, 0.6) is 0 Å². The predicted molar refractivity (Wildman–Crippen MR) is 87.7 cm³/mol. The average molecular weight is 299 g/mol. The lowest BCUT2D eigenvalue weighted by Crippen LogP contribution is -2.33. The molecule has 1 amide bonds. The first-order chi connectivity index (χ1) is 10.2. The lowest BCUT2D eigenvalue weighted by atomic mass is 9.82. The number of rotatable bonds is 3. The van der Waals surface area contributed by atoms with E-state index in [1.165, 1.54) is 21.6 Å². The Bertz CT molecular complexity index is 646. The normalized spacial score (nSPS) is 17.3. The van der Waals surface area contributed by atoms with E-state index in [1.807, 2.05) is 18.0 Å². The molecular formula is C18H21NOS. The van der Waals surface area contributed by atoms with Gasteiger partial charge in [-0.05, 0) is 54.3 Å². The monoisotopic (exact) mass is 299 g/mol. The summed E-state index contributed by atoms with van der Waals surface area (Å²) in [6.07, 6.45) is 3.19. The molecule has 0 radical (unpaired) electrons. The van der Waals surface area contributed by atoms with E-state index < -0.39 is 0 Å². The number of benzene rings is 1. The van der Waals surface area contributed by atoms with Gasteiger partial charge in [0.2, 0.25) is 5.91 Å². The highest BCUT2D eigenvalue weighted by Gasteiger charge is 2.28. The smallest absolute Gasteiger partial charge is 0.230 e. The van der Waals surface area contributed by atoms with Crippen LogP contribution in [0.1, 0.15) is 40.3 Å². The van der Waals surface area contributed by atoms with Crippen molar-refractivity contribution in [3.8, 4) is 0 Å². The van der Waals surface area contributed by atoms with E-state index in [9.17, 15) is 4.79 Å². The molecule has 0 saturated heterocycles. The fraction of sp³-hybridized carbons (Fsp3) is 0.389. The minimum absolute atomic E-state index is 0.0419. The molecule has 1 atom stereocenters. The lowest BCUT2D eigenvalue weighted by Gasteiger charge is -2.28. The zero-order valence-corrected chi connectivity index (χ0v) is 13.5. The summed E-state index contributed by atoms with van der Waals surface area (Å²) in [7, 11) is 1.93. The highest BCUT2D eigenvalue weighted by atomic mass is 32.1. The van der Waals surface area contributed by atoms with Crippen molar-refractivity contribution in [3.05, 3.63) is 57.3 Å². The van der Waals surface area contributed by atoms with Gasteiger partial charge in [-0.15, -0.1) is 11.3 Å². The minimum atomic E-state index is 0.0419. The molecule has 1 aromatic carbocycles. The Balaban J connectivity index is 1.78. The second-order valence-corrected chi connectivity index (χ2v) is 6.87. The zero-order chi connectivity index (χ0) is 14.8. The molecule has 0 N–H and O–H groups in total. The van der Waals surface area contributed by atoms with Gasteiger partial charge < -0.3 is 4.90 Å². The second-order valence-electron chi connectivity index (χ2n) is 5.86. The highest BCUT2D eigenvalue weighted by molar-refractivity contribution is 7.10. The van der Waals surface area contributed by atoms with Gasteiger partial charge in [0.1, 0.15) is 0 Å². The molecule has 2 aromatic rings. The summed E-state index contributed by atoms with van der Waals surface area (Å²) >= 11 is 1.73.